The van der Waals surface area contributed by atoms with Gasteiger partial charge in [0.25, 0.3) is 0 Å². The molecule has 8 heteroatoms. The predicted octanol–water partition coefficient (Wildman–Crippen LogP) is 4.51. The molecule has 0 saturated heterocycles. The lowest BCUT2D eigenvalue weighted by atomic mass is 10.1. The van der Waals surface area contributed by atoms with Gasteiger partial charge in [0.15, 0.2) is 0 Å². The fraction of sp³-hybridized carbons (Fsp3) is 0.611. The highest BCUT2D eigenvalue weighted by Gasteiger charge is 2.24. The summed E-state index contributed by atoms with van der Waals surface area (Å²) in [7, 11) is 0. The Morgan fingerprint density at radius 2 is 1.81 bits per heavy atom. The van der Waals surface area contributed by atoms with Crippen molar-refractivity contribution in [1.29, 1.82) is 0 Å². The highest BCUT2D eigenvalue weighted by molar-refractivity contribution is 7.16. The Balaban J connectivity index is 1.94. The van der Waals surface area contributed by atoms with E-state index in [0.29, 0.717) is 24.5 Å². The second-order valence-electron chi connectivity index (χ2n) is 8.06. The van der Waals surface area contributed by atoms with Crippen LogP contribution in [0.5, 0.6) is 0 Å². The Kier molecular flexibility index (Phi) is 5.95. The Labute approximate surface area is 158 Å². The van der Waals surface area contributed by atoms with Gasteiger partial charge in [0, 0.05) is 13.1 Å². The molecule has 0 aliphatic carbocycles. The zero-order chi connectivity index (χ0) is 19.5. The molecule has 0 aromatic carbocycles. The molecule has 2 amide bonds. The van der Waals surface area contributed by atoms with Gasteiger partial charge < -0.3 is 14.4 Å². The maximum absolute atomic E-state index is 12.1. The molecule has 0 fully saturated rings. The van der Waals surface area contributed by atoms with Crippen LogP contribution in [0, 0.1) is 0 Å². The molecular formula is C18H27N3O4S. The molecule has 26 heavy (non-hydrogen) atoms. The van der Waals surface area contributed by atoms with Crippen molar-refractivity contribution in [1.82, 2.24) is 9.88 Å². The van der Waals surface area contributed by atoms with Gasteiger partial charge in [-0.2, -0.15) is 0 Å². The van der Waals surface area contributed by atoms with E-state index in [1.165, 1.54) is 11.3 Å². The van der Waals surface area contributed by atoms with Crippen LogP contribution in [-0.2, 0) is 9.47 Å². The molecule has 2 rings (SSSR count). The number of hydrogen-bond donors (Lipinski definition) is 1. The molecule has 2 heterocycles. The maximum atomic E-state index is 12.1. The smallest absolute Gasteiger partial charge is 0.412 e. The average molecular weight is 381 g/mol. The Hall–Kier alpha value is -2.09. The third-order valence-corrected chi connectivity index (χ3v) is 4.25. The lowest BCUT2D eigenvalue weighted by Crippen LogP contribution is -2.39. The highest BCUT2D eigenvalue weighted by atomic mass is 32.1. The zero-order valence-electron chi connectivity index (χ0n) is 16.2. The second-order valence-corrected chi connectivity index (χ2v) is 9.09. The number of amides is 2. The third kappa shape index (κ3) is 6.33. The Morgan fingerprint density at radius 1 is 1.15 bits per heavy atom. The van der Waals surface area contributed by atoms with E-state index in [9.17, 15) is 9.59 Å². The average Bonchev–Trinajstić information content (AvgIpc) is 2.92. The first-order chi connectivity index (χ1) is 11.9. The van der Waals surface area contributed by atoms with E-state index in [2.05, 4.69) is 10.3 Å². The van der Waals surface area contributed by atoms with Crippen LogP contribution in [0.2, 0.25) is 0 Å². The van der Waals surface area contributed by atoms with Gasteiger partial charge in [0.05, 0.1) is 6.20 Å². The first kappa shape index (κ1) is 20.2. The van der Waals surface area contributed by atoms with Crippen LogP contribution in [0.15, 0.2) is 12.3 Å². The molecule has 1 N–H and O–H groups in total. The van der Waals surface area contributed by atoms with E-state index in [1.54, 1.807) is 11.1 Å². The second kappa shape index (κ2) is 7.65. The van der Waals surface area contributed by atoms with Crippen molar-refractivity contribution < 1.29 is 19.1 Å². The zero-order valence-corrected chi connectivity index (χ0v) is 17.0. The molecule has 0 spiro atoms. The maximum Gasteiger partial charge on any atom is 0.412 e. The van der Waals surface area contributed by atoms with Gasteiger partial charge in [-0.3, -0.25) is 5.32 Å². The van der Waals surface area contributed by atoms with Crippen LogP contribution in [0.1, 0.15) is 53.0 Å². The fourth-order valence-electron chi connectivity index (χ4n) is 2.24. The standard InChI is InChI=1S/C18H27N3O4S/c1-17(2,3)24-15(22)20-13-11-19-14(26-13)12-7-9-21(10-8-12)16(23)25-18(4,5)6/h7,11H,8-10H2,1-6H3,(H,20,22). The van der Waals surface area contributed by atoms with E-state index in [-0.39, 0.29) is 6.09 Å². The molecule has 0 saturated carbocycles. The van der Waals surface area contributed by atoms with Crippen molar-refractivity contribution >= 4 is 34.1 Å². The van der Waals surface area contributed by atoms with Crippen molar-refractivity contribution in [3.05, 3.63) is 17.3 Å². The van der Waals surface area contributed by atoms with Crippen molar-refractivity contribution in [3.8, 4) is 0 Å². The van der Waals surface area contributed by atoms with Gasteiger partial charge in [-0.15, -0.1) is 0 Å². The summed E-state index contributed by atoms with van der Waals surface area (Å²) in [5, 5.41) is 4.16. The molecule has 0 radical (unpaired) electrons. The van der Waals surface area contributed by atoms with Crippen LogP contribution in [0.3, 0.4) is 0 Å². The number of ether oxygens (including phenoxy) is 2. The molecule has 0 unspecified atom stereocenters. The van der Waals surface area contributed by atoms with Crippen LogP contribution in [-0.4, -0.2) is 46.4 Å². The summed E-state index contributed by atoms with van der Waals surface area (Å²) in [5.74, 6) is 0. The summed E-state index contributed by atoms with van der Waals surface area (Å²) in [6.45, 7) is 12.1. The molecule has 1 aliphatic rings. The largest absolute Gasteiger partial charge is 0.444 e. The minimum atomic E-state index is -0.547. The Morgan fingerprint density at radius 3 is 2.35 bits per heavy atom. The first-order valence-corrected chi connectivity index (χ1v) is 9.38. The number of carbonyl (C=O) groups excluding carboxylic acids is 2. The SMILES string of the molecule is CC(C)(C)OC(=O)Nc1cnc(C2=CCN(C(=O)OC(C)(C)C)CC2)s1. The van der Waals surface area contributed by atoms with Crippen LogP contribution < -0.4 is 5.32 Å². The van der Waals surface area contributed by atoms with Gasteiger partial charge in [0.1, 0.15) is 21.2 Å². The molecule has 7 nitrogen and oxygen atoms in total. The van der Waals surface area contributed by atoms with Crippen molar-refractivity contribution in [2.45, 2.75) is 59.2 Å². The number of anilines is 1. The van der Waals surface area contributed by atoms with E-state index < -0.39 is 17.3 Å². The molecule has 0 atom stereocenters. The molecule has 1 aromatic heterocycles. The minimum absolute atomic E-state index is 0.306. The summed E-state index contributed by atoms with van der Waals surface area (Å²) in [5.41, 5.74) is 0.0137. The first-order valence-electron chi connectivity index (χ1n) is 8.56. The highest BCUT2D eigenvalue weighted by Crippen LogP contribution is 2.29. The monoisotopic (exact) mass is 381 g/mol. The van der Waals surface area contributed by atoms with Gasteiger partial charge in [-0.25, -0.2) is 14.6 Å². The third-order valence-electron chi connectivity index (χ3n) is 3.27. The van der Waals surface area contributed by atoms with E-state index >= 15 is 0 Å². The summed E-state index contributed by atoms with van der Waals surface area (Å²) < 4.78 is 10.6. The summed E-state index contributed by atoms with van der Waals surface area (Å²) in [6.07, 6.45) is 3.48. The van der Waals surface area contributed by atoms with Crippen LogP contribution >= 0.6 is 11.3 Å². The van der Waals surface area contributed by atoms with Crippen LogP contribution in [0.25, 0.3) is 5.57 Å². The molecule has 144 valence electrons. The van der Waals surface area contributed by atoms with Gasteiger partial charge >= 0.3 is 12.2 Å². The molecule has 1 aliphatic heterocycles. The quantitative estimate of drug-likeness (QED) is 0.815. The van der Waals surface area contributed by atoms with Crippen molar-refractivity contribution in [2.75, 3.05) is 18.4 Å². The van der Waals surface area contributed by atoms with E-state index in [4.69, 9.17) is 9.47 Å². The fourth-order valence-corrected chi connectivity index (χ4v) is 3.11. The molecular weight excluding hydrogens is 354 g/mol. The Bertz CT molecular complexity index is 698. The lowest BCUT2D eigenvalue weighted by Gasteiger charge is -2.29. The minimum Gasteiger partial charge on any atom is -0.444 e. The topological polar surface area (TPSA) is 80.8 Å². The number of thiazole rings is 1. The summed E-state index contributed by atoms with van der Waals surface area (Å²) in [4.78, 5) is 29.9. The number of rotatable bonds is 2. The molecule has 1 aromatic rings. The number of hydrogen-bond acceptors (Lipinski definition) is 6. The summed E-state index contributed by atoms with van der Waals surface area (Å²) >= 11 is 1.39. The number of nitrogens with one attached hydrogen (secondary N) is 1. The van der Waals surface area contributed by atoms with Crippen molar-refractivity contribution in [2.24, 2.45) is 0 Å². The summed E-state index contributed by atoms with van der Waals surface area (Å²) in [6, 6.07) is 0. The normalized spacial score (nSPS) is 15.3. The lowest BCUT2D eigenvalue weighted by molar-refractivity contribution is 0.0270. The number of aromatic nitrogens is 1. The van der Waals surface area contributed by atoms with Gasteiger partial charge in [-0.05, 0) is 53.5 Å². The number of carbonyl (C=O) groups is 2. The predicted molar refractivity (Wildman–Crippen MR) is 102 cm³/mol. The molecule has 0 bridgehead atoms. The van der Waals surface area contributed by atoms with Gasteiger partial charge in [-0.1, -0.05) is 17.4 Å². The number of nitrogens with zero attached hydrogens (tertiary/aromatic N) is 2. The van der Waals surface area contributed by atoms with E-state index in [1.807, 2.05) is 47.6 Å². The van der Waals surface area contributed by atoms with Gasteiger partial charge in [0.2, 0.25) is 0 Å². The van der Waals surface area contributed by atoms with Crippen molar-refractivity contribution in [3.63, 3.8) is 0 Å². The van der Waals surface area contributed by atoms with Crippen LogP contribution in [0.4, 0.5) is 14.6 Å². The van der Waals surface area contributed by atoms with E-state index in [0.717, 1.165) is 10.6 Å².